The summed E-state index contributed by atoms with van der Waals surface area (Å²) in [6.07, 6.45) is 11.6. The molecule has 0 bridgehead atoms. The first kappa shape index (κ1) is 16.4. The van der Waals surface area contributed by atoms with Crippen molar-refractivity contribution in [1.29, 1.82) is 0 Å². The number of hydrogen-bond acceptors (Lipinski definition) is 1. The zero-order valence-corrected chi connectivity index (χ0v) is 10.5. The van der Waals surface area contributed by atoms with E-state index in [0.29, 0.717) is 6.61 Å². The Kier molecular flexibility index (Phi) is 21.9. The maximum Gasteiger partial charge on any atom is 0.0431 e. The maximum absolute atomic E-state index is 8.42. The molecule has 0 radical (unpaired) electrons. The SMILES string of the molecule is CCCCC.CCCCCCCCO. The average Bonchev–Trinajstić information content (AvgIpc) is 2.20. The van der Waals surface area contributed by atoms with Crippen LogP contribution in [-0.2, 0) is 0 Å². The van der Waals surface area contributed by atoms with Crippen molar-refractivity contribution >= 4 is 0 Å². The molecule has 14 heavy (non-hydrogen) atoms. The van der Waals surface area contributed by atoms with Gasteiger partial charge in [0.15, 0.2) is 0 Å². The minimum atomic E-state index is 0.367. The van der Waals surface area contributed by atoms with Gasteiger partial charge >= 0.3 is 0 Å². The van der Waals surface area contributed by atoms with Crippen LogP contribution in [0.5, 0.6) is 0 Å². The first-order chi connectivity index (χ1) is 6.83. The van der Waals surface area contributed by atoms with E-state index in [-0.39, 0.29) is 0 Å². The molecule has 0 spiro atoms. The van der Waals surface area contributed by atoms with Crippen molar-refractivity contribution < 1.29 is 5.11 Å². The number of aliphatic hydroxyl groups excluding tert-OH is 1. The van der Waals surface area contributed by atoms with Gasteiger partial charge in [0.05, 0.1) is 0 Å². The lowest BCUT2D eigenvalue weighted by molar-refractivity contribution is 0.282. The average molecular weight is 202 g/mol. The zero-order valence-electron chi connectivity index (χ0n) is 10.5. The van der Waals surface area contributed by atoms with Crippen molar-refractivity contribution in [1.82, 2.24) is 0 Å². The molecule has 1 nitrogen and oxygen atoms in total. The quantitative estimate of drug-likeness (QED) is 0.573. The molecule has 0 atom stereocenters. The van der Waals surface area contributed by atoms with Crippen LogP contribution in [-0.4, -0.2) is 11.7 Å². The Morgan fingerprint density at radius 2 is 1.00 bits per heavy atom. The molecule has 88 valence electrons. The van der Waals surface area contributed by atoms with Crippen LogP contribution in [0.15, 0.2) is 0 Å². The molecule has 0 aromatic carbocycles. The second-order valence-corrected chi connectivity index (χ2v) is 3.84. The first-order valence-corrected chi connectivity index (χ1v) is 6.44. The molecule has 0 saturated heterocycles. The van der Waals surface area contributed by atoms with E-state index in [9.17, 15) is 0 Å². The summed E-state index contributed by atoms with van der Waals surface area (Å²) in [5.41, 5.74) is 0. The summed E-state index contributed by atoms with van der Waals surface area (Å²) < 4.78 is 0. The third-order valence-corrected chi connectivity index (χ3v) is 2.22. The van der Waals surface area contributed by atoms with Crippen molar-refractivity contribution in [2.45, 2.75) is 78.6 Å². The lowest BCUT2D eigenvalue weighted by atomic mass is 10.1. The lowest BCUT2D eigenvalue weighted by Crippen LogP contribution is -1.82. The second kappa shape index (κ2) is 18.7. The Bertz CT molecular complexity index is 63.6. The third kappa shape index (κ3) is 22.7. The van der Waals surface area contributed by atoms with Gasteiger partial charge in [0.1, 0.15) is 0 Å². The highest BCUT2D eigenvalue weighted by Crippen LogP contribution is 2.03. The van der Waals surface area contributed by atoms with Gasteiger partial charge in [0, 0.05) is 6.61 Å². The van der Waals surface area contributed by atoms with E-state index in [4.69, 9.17) is 5.11 Å². The molecular weight excluding hydrogens is 172 g/mol. The van der Waals surface area contributed by atoms with Gasteiger partial charge < -0.3 is 5.11 Å². The summed E-state index contributed by atoms with van der Waals surface area (Å²) in [5, 5.41) is 8.42. The lowest BCUT2D eigenvalue weighted by Gasteiger charge is -1.95. The van der Waals surface area contributed by atoms with Gasteiger partial charge in [-0.2, -0.15) is 0 Å². The highest BCUT2D eigenvalue weighted by molar-refractivity contribution is 4.41. The fourth-order valence-corrected chi connectivity index (χ4v) is 1.25. The predicted octanol–water partition coefficient (Wildman–Crippen LogP) is 4.54. The van der Waals surface area contributed by atoms with E-state index in [1.165, 1.54) is 51.4 Å². The van der Waals surface area contributed by atoms with Crippen molar-refractivity contribution in [2.24, 2.45) is 0 Å². The minimum Gasteiger partial charge on any atom is -0.396 e. The Morgan fingerprint density at radius 3 is 1.36 bits per heavy atom. The molecule has 0 aliphatic rings. The molecule has 0 unspecified atom stereocenters. The van der Waals surface area contributed by atoms with Crippen LogP contribution in [0.4, 0.5) is 0 Å². The number of rotatable bonds is 8. The highest BCUT2D eigenvalue weighted by Gasteiger charge is 1.86. The highest BCUT2D eigenvalue weighted by atomic mass is 16.2. The summed E-state index contributed by atoms with van der Waals surface area (Å²) in [6, 6.07) is 0. The molecule has 0 amide bonds. The van der Waals surface area contributed by atoms with Crippen LogP contribution in [0.3, 0.4) is 0 Å². The normalized spacial score (nSPS) is 9.43. The maximum atomic E-state index is 8.42. The summed E-state index contributed by atoms with van der Waals surface area (Å²) >= 11 is 0. The predicted molar refractivity (Wildman–Crippen MR) is 65.7 cm³/mol. The number of unbranched alkanes of at least 4 members (excludes halogenated alkanes) is 7. The molecule has 0 aromatic rings. The monoisotopic (exact) mass is 202 g/mol. The smallest absolute Gasteiger partial charge is 0.0431 e. The van der Waals surface area contributed by atoms with Crippen LogP contribution >= 0.6 is 0 Å². The fraction of sp³-hybridized carbons (Fsp3) is 1.00. The van der Waals surface area contributed by atoms with Gasteiger partial charge in [-0.05, 0) is 6.42 Å². The van der Waals surface area contributed by atoms with E-state index in [1.54, 1.807) is 0 Å². The first-order valence-electron chi connectivity index (χ1n) is 6.44. The Balaban J connectivity index is 0. The summed E-state index contributed by atoms with van der Waals surface area (Å²) in [6.45, 7) is 7.01. The molecule has 0 aliphatic heterocycles. The third-order valence-electron chi connectivity index (χ3n) is 2.22. The summed E-state index contributed by atoms with van der Waals surface area (Å²) in [5.74, 6) is 0. The van der Waals surface area contributed by atoms with E-state index < -0.39 is 0 Å². The van der Waals surface area contributed by atoms with Crippen molar-refractivity contribution in [3.8, 4) is 0 Å². The van der Waals surface area contributed by atoms with Crippen molar-refractivity contribution in [2.75, 3.05) is 6.61 Å². The van der Waals surface area contributed by atoms with Gasteiger partial charge in [-0.1, -0.05) is 72.1 Å². The molecule has 1 heteroatoms. The van der Waals surface area contributed by atoms with Gasteiger partial charge in [-0.15, -0.1) is 0 Å². The van der Waals surface area contributed by atoms with E-state index >= 15 is 0 Å². The second-order valence-electron chi connectivity index (χ2n) is 3.84. The van der Waals surface area contributed by atoms with Crippen molar-refractivity contribution in [3.63, 3.8) is 0 Å². The largest absolute Gasteiger partial charge is 0.396 e. The molecule has 0 saturated carbocycles. The summed E-state index contributed by atoms with van der Waals surface area (Å²) in [4.78, 5) is 0. The number of aliphatic hydroxyl groups is 1. The van der Waals surface area contributed by atoms with Crippen LogP contribution in [0.25, 0.3) is 0 Å². The van der Waals surface area contributed by atoms with Crippen molar-refractivity contribution in [3.05, 3.63) is 0 Å². The standard InChI is InChI=1S/C8H18O.C5H12/c1-2-3-4-5-6-7-8-9;1-3-5-4-2/h9H,2-8H2,1H3;3-5H2,1-2H3. The molecule has 0 aliphatic carbocycles. The topological polar surface area (TPSA) is 20.2 Å². The Hall–Kier alpha value is -0.0400. The van der Waals surface area contributed by atoms with Gasteiger partial charge in [0.2, 0.25) is 0 Å². The Labute approximate surface area is 90.9 Å². The fourth-order valence-electron chi connectivity index (χ4n) is 1.25. The van der Waals surface area contributed by atoms with Gasteiger partial charge in [-0.3, -0.25) is 0 Å². The Morgan fingerprint density at radius 1 is 0.571 bits per heavy atom. The molecule has 0 heterocycles. The molecule has 0 aromatic heterocycles. The van der Waals surface area contributed by atoms with Gasteiger partial charge in [0.25, 0.3) is 0 Å². The zero-order chi connectivity index (χ0) is 11.1. The van der Waals surface area contributed by atoms with Gasteiger partial charge in [-0.25, -0.2) is 0 Å². The van der Waals surface area contributed by atoms with Crippen LogP contribution in [0.1, 0.15) is 78.6 Å². The van der Waals surface area contributed by atoms with E-state index in [2.05, 4.69) is 20.8 Å². The summed E-state index contributed by atoms with van der Waals surface area (Å²) in [7, 11) is 0. The van der Waals surface area contributed by atoms with Crippen LogP contribution in [0, 0.1) is 0 Å². The van der Waals surface area contributed by atoms with Crippen LogP contribution in [0.2, 0.25) is 0 Å². The number of hydrogen-bond donors (Lipinski definition) is 1. The molecule has 0 rings (SSSR count). The van der Waals surface area contributed by atoms with E-state index in [0.717, 1.165) is 6.42 Å². The minimum absolute atomic E-state index is 0.367. The van der Waals surface area contributed by atoms with E-state index in [1.807, 2.05) is 0 Å². The molecule has 1 N–H and O–H groups in total. The molecular formula is C13H30O. The molecule has 0 fully saturated rings. The van der Waals surface area contributed by atoms with Crippen LogP contribution < -0.4 is 0 Å².